The molecule has 5 rings (SSSR count). The zero-order chi connectivity index (χ0) is 33.0. The summed E-state index contributed by atoms with van der Waals surface area (Å²) in [5.74, 6) is 0. The fraction of sp³-hybridized carbons (Fsp3) is 0.528. The van der Waals surface area contributed by atoms with Gasteiger partial charge in [-0.05, 0) is 53.1 Å². The molecule has 2 aromatic carbocycles. The number of rotatable bonds is 2. The maximum Gasteiger partial charge on any atom is 0.212 e. The third-order valence-electron chi connectivity index (χ3n) is 10.8. The Labute approximate surface area is 260 Å². The zero-order valence-electron chi connectivity index (χ0n) is 31.2. The van der Waals surface area contributed by atoms with E-state index in [1.54, 1.807) is 20.7 Å². The molecule has 3 heterocycles. The van der Waals surface area contributed by atoms with Crippen molar-refractivity contribution in [3.63, 3.8) is 0 Å². The van der Waals surface area contributed by atoms with E-state index in [2.05, 4.69) is 122 Å². The molecule has 2 aliphatic heterocycles. The van der Waals surface area contributed by atoms with Crippen molar-refractivity contribution < 1.29 is 8.68 Å². The van der Waals surface area contributed by atoms with Crippen molar-refractivity contribution in [2.24, 2.45) is 7.05 Å². The van der Waals surface area contributed by atoms with E-state index in [1.165, 1.54) is 35.3 Å². The molecule has 0 aliphatic carbocycles. The molecule has 0 fully saturated rings. The van der Waals surface area contributed by atoms with E-state index in [-0.39, 0.29) is 5.41 Å². The van der Waals surface area contributed by atoms with E-state index < -0.39 is 39.1 Å². The predicted octanol–water partition coefficient (Wildman–Crippen LogP) is 7.45. The summed E-state index contributed by atoms with van der Waals surface area (Å²) in [4.78, 5) is 0. The fourth-order valence-electron chi connectivity index (χ4n) is 7.69. The van der Waals surface area contributed by atoms with Crippen molar-refractivity contribution >= 4 is 53.0 Å². The minimum absolute atomic E-state index is 0.0214. The van der Waals surface area contributed by atoms with Gasteiger partial charge in [-0.3, -0.25) is 0 Å². The second-order valence-corrected chi connectivity index (χ2v) is 36.2. The maximum absolute atomic E-state index is 8.90. The number of hydrogen-bond donors (Lipinski definition) is 0. The molecular formula is C36H56NSi4+. The molecule has 0 unspecified atom stereocenters. The van der Waals surface area contributed by atoms with Gasteiger partial charge in [-0.1, -0.05) is 130 Å². The molecule has 0 radical (unpaired) electrons. The molecule has 0 saturated carbocycles. The standard InChI is InChI=1S/C36H56NSi4/c1-25-21-26(2)29(23-28(25)30-22-27(36(3,4)5)15-16-37(30)6)33-34-31(38(7,8)17-19-40(34,11)12)24-32-35(33)41(13,14)20-18-39(32,9)10/h15-16,21-24H,17-20H2,1-14H3/q+1/i2D3. The van der Waals surface area contributed by atoms with Gasteiger partial charge in [0.15, 0.2) is 6.20 Å². The van der Waals surface area contributed by atoms with Crippen molar-refractivity contribution in [2.45, 2.75) is 117 Å². The lowest BCUT2D eigenvalue weighted by molar-refractivity contribution is -0.660. The van der Waals surface area contributed by atoms with E-state index in [1.807, 2.05) is 6.07 Å². The van der Waals surface area contributed by atoms with Gasteiger partial charge in [-0.15, -0.1) is 0 Å². The molecule has 0 saturated heterocycles. The lowest BCUT2D eigenvalue weighted by Gasteiger charge is -2.48. The summed E-state index contributed by atoms with van der Waals surface area (Å²) in [6.45, 7) is 27.3. The molecule has 41 heavy (non-hydrogen) atoms. The number of nitrogens with zero attached hydrogens (tertiary/aromatic N) is 1. The first kappa shape index (κ1) is 27.0. The highest BCUT2D eigenvalue weighted by molar-refractivity contribution is 7.08. The Balaban J connectivity index is 2.02. The van der Waals surface area contributed by atoms with E-state index in [9.17, 15) is 0 Å². The summed E-state index contributed by atoms with van der Waals surface area (Å²) in [5.41, 5.74) is 7.63. The molecule has 0 amide bonds. The molecule has 3 aromatic rings. The van der Waals surface area contributed by atoms with E-state index in [0.29, 0.717) is 5.56 Å². The highest BCUT2D eigenvalue weighted by atomic mass is 28.3. The average molecular weight is 618 g/mol. The number of benzene rings is 2. The molecule has 1 nitrogen and oxygen atoms in total. The summed E-state index contributed by atoms with van der Waals surface area (Å²) in [5, 5.41) is 6.58. The Bertz CT molecular complexity index is 1610. The first-order valence-electron chi connectivity index (χ1n) is 17.3. The number of fused-ring (bicyclic) bond motifs is 2. The van der Waals surface area contributed by atoms with Crippen molar-refractivity contribution in [2.75, 3.05) is 0 Å². The normalized spacial score (nSPS) is 21.7. The Morgan fingerprint density at radius 2 is 1.20 bits per heavy atom. The van der Waals surface area contributed by atoms with Gasteiger partial charge >= 0.3 is 0 Å². The van der Waals surface area contributed by atoms with Crippen molar-refractivity contribution in [3.8, 4) is 22.4 Å². The highest BCUT2D eigenvalue weighted by Crippen LogP contribution is 2.38. The summed E-state index contributed by atoms with van der Waals surface area (Å²) in [7, 11) is -4.96. The van der Waals surface area contributed by atoms with Crippen LogP contribution in [0.1, 0.15) is 41.6 Å². The van der Waals surface area contributed by atoms with E-state index in [4.69, 9.17) is 4.11 Å². The van der Waals surface area contributed by atoms with Crippen LogP contribution in [0.15, 0.2) is 36.5 Å². The van der Waals surface area contributed by atoms with Crippen LogP contribution in [0.2, 0.25) is 76.6 Å². The number of aryl methyl sites for hydroxylation is 3. The SMILES string of the molecule is [2H]C([2H])([2H])c1cc(C)c(-c2cc(C(C)(C)C)cc[n+]2C)cc1-c1c2c(cc3c1[Si](C)(C)CC[Si]3(C)C)[Si](C)(C)CC[Si]2(C)C. The van der Waals surface area contributed by atoms with Crippen LogP contribution in [0.25, 0.3) is 22.4 Å². The second kappa shape index (κ2) is 9.73. The summed E-state index contributed by atoms with van der Waals surface area (Å²) < 4.78 is 28.9. The van der Waals surface area contributed by atoms with Gasteiger partial charge in [0.1, 0.15) is 7.05 Å². The van der Waals surface area contributed by atoms with Crippen LogP contribution in [0, 0.1) is 13.8 Å². The van der Waals surface area contributed by atoms with Crippen molar-refractivity contribution in [1.29, 1.82) is 0 Å². The van der Waals surface area contributed by atoms with Gasteiger partial charge in [-0.25, -0.2) is 4.57 Å². The molecule has 0 atom stereocenters. The second-order valence-electron chi connectivity index (χ2n) is 17.0. The van der Waals surface area contributed by atoms with Gasteiger partial charge < -0.3 is 0 Å². The molecule has 2 aliphatic rings. The molecule has 220 valence electrons. The van der Waals surface area contributed by atoms with Crippen LogP contribution in [0.5, 0.6) is 0 Å². The quantitative estimate of drug-likeness (QED) is 0.208. The topological polar surface area (TPSA) is 3.88 Å². The van der Waals surface area contributed by atoms with Gasteiger partial charge in [0.25, 0.3) is 0 Å². The predicted molar refractivity (Wildman–Crippen MR) is 194 cm³/mol. The number of hydrogen-bond acceptors (Lipinski definition) is 0. The summed E-state index contributed by atoms with van der Waals surface area (Å²) >= 11 is 0. The summed E-state index contributed by atoms with van der Waals surface area (Å²) in [6.07, 6.45) is 2.17. The average Bonchev–Trinajstić information content (AvgIpc) is 2.88. The Morgan fingerprint density at radius 3 is 1.68 bits per heavy atom. The summed E-state index contributed by atoms with van der Waals surface area (Å²) in [6, 6.07) is 17.0. The molecule has 0 spiro atoms. The largest absolute Gasteiger partial charge is 0.212 e. The van der Waals surface area contributed by atoms with Gasteiger partial charge in [-0.2, -0.15) is 0 Å². The van der Waals surface area contributed by atoms with E-state index >= 15 is 0 Å². The molecule has 1 aromatic heterocycles. The Hall–Kier alpha value is -1.54. The minimum Gasteiger partial charge on any atom is -0.201 e. The molecular weight excluding hydrogens is 559 g/mol. The minimum atomic E-state index is -2.19. The monoisotopic (exact) mass is 617 g/mol. The van der Waals surface area contributed by atoms with Crippen molar-refractivity contribution in [1.82, 2.24) is 0 Å². The maximum atomic E-state index is 8.90. The van der Waals surface area contributed by atoms with Crippen LogP contribution in [0.3, 0.4) is 0 Å². The number of aromatic nitrogens is 1. The van der Waals surface area contributed by atoms with Gasteiger partial charge in [0, 0.05) is 21.8 Å². The lowest BCUT2D eigenvalue weighted by atomic mass is 9.86. The van der Waals surface area contributed by atoms with Crippen LogP contribution in [-0.4, -0.2) is 32.3 Å². The highest BCUT2D eigenvalue weighted by Gasteiger charge is 2.48. The first-order valence-corrected chi connectivity index (χ1v) is 28.6. The third-order valence-corrected chi connectivity index (χ3v) is 25.8. The van der Waals surface area contributed by atoms with Gasteiger partial charge in [0.05, 0.1) is 32.3 Å². The van der Waals surface area contributed by atoms with Gasteiger partial charge in [0.2, 0.25) is 5.69 Å². The molecule has 5 heteroatoms. The fourth-order valence-corrected chi connectivity index (χ4v) is 29.2. The first-order chi connectivity index (χ1) is 19.9. The van der Waals surface area contributed by atoms with Crippen LogP contribution in [0.4, 0.5) is 0 Å². The Kier molecular flexibility index (Phi) is 6.42. The molecule has 0 bridgehead atoms. The van der Waals surface area contributed by atoms with Crippen LogP contribution in [-0.2, 0) is 12.5 Å². The number of pyridine rings is 1. The third kappa shape index (κ3) is 5.17. The van der Waals surface area contributed by atoms with E-state index in [0.717, 1.165) is 22.4 Å². The lowest BCUT2D eigenvalue weighted by Crippen LogP contribution is -2.72. The smallest absolute Gasteiger partial charge is 0.201 e. The van der Waals surface area contributed by atoms with Crippen LogP contribution >= 0.6 is 0 Å². The van der Waals surface area contributed by atoms with Crippen LogP contribution < -0.4 is 25.3 Å². The Morgan fingerprint density at radius 1 is 0.683 bits per heavy atom. The zero-order valence-corrected chi connectivity index (χ0v) is 32.2. The molecule has 0 N–H and O–H groups in total. The van der Waals surface area contributed by atoms with Crippen molar-refractivity contribution in [3.05, 3.63) is 53.2 Å².